The van der Waals surface area contributed by atoms with Gasteiger partial charge in [0.25, 0.3) is 0 Å². The van der Waals surface area contributed by atoms with Crippen molar-refractivity contribution in [2.24, 2.45) is 0 Å². The van der Waals surface area contributed by atoms with Crippen molar-refractivity contribution in [1.82, 2.24) is 0 Å². The van der Waals surface area contributed by atoms with Gasteiger partial charge in [0.1, 0.15) is 0 Å². The Balaban J connectivity index is -0.000000139. The molecule has 0 unspecified atom stereocenters. The van der Waals surface area contributed by atoms with Crippen molar-refractivity contribution < 1.29 is 20.4 Å². The molecule has 0 rings (SSSR count). The molecule has 0 heterocycles. The third-order valence-corrected chi connectivity index (χ3v) is 13.9. The minimum absolute atomic E-state index is 0. The zero-order chi connectivity index (χ0) is 31.3. The van der Waals surface area contributed by atoms with E-state index in [2.05, 4.69) is 78.9 Å². The standard InChI is InChI=1S/4C9H15P.Pd/c4*1-4-7-10(8-5-2)9-6-3;/h4*4-6H,1-3,7-9H2;. The summed E-state index contributed by atoms with van der Waals surface area (Å²) in [6, 6.07) is 0. The first-order chi connectivity index (χ1) is 19.4. The smallest absolute Gasteiger partial charge is 0 e. The van der Waals surface area contributed by atoms with Gasteiger partial charge in [-0.25, -0.2) is 0 Å². The molecule has 0 aliphatic heterocycles. The number of rotatable bonds is 24. The largest absolute Gasteiger partial charge is 0.103 e. The van der Waals surface area contributed by atoms with Crippen LogP contribution >= 0.6 is 31.7 Å². The summed E-state index contributed by atoms with van der Waals surface area (Å²) in [6.45, 7) is 44.6. The predicted molar refractivity (Wildman–Crippen MR) is 208 cm³/mol. The van der Waals surface area contributed by atoms with Crippen LogP contribution in [0.2, 0.25) is 0 Å². The van der Waals surface area contributed by atoms with Crippen molar-refractivity contribution in [2.45, 2.75) is 0 Å². The molecule has 0 aliphatic rings. The molecule has 0 saturated heterocycles. The molecule has 0 aromatic heterocycles. The van der Waals surface area contributed by atoms with Gasteiger partial charge in [-0.05, 0) is 73.9 Å². The number of hydrogen-bond donors (Lipinski definition) is 0. The van der Waals surface area contributed by atoms with Gasteiger partial charge in [-0.15, -0.1) is 78.9 Å². The van der Waals surface area contributed by atoms with Crippen LogP contribution in [0.3, 0.4) is 0 Å². The fourth-order valence-electron chi connectivity index (χ4n) is 3.09. The first-order valence-electron chi connectivity index (χ1n) is 13.6. The van der Waals surface area contributed by atoms with E-state index in [0.717, 1.165) is 73.9 Å². The summed E-state index contributed by atoms with van der Waals surface area (Å²) in [6.07, 6.45) is 37.4. The first-order valence-corrected chi connectivity index (χ1v) is 21.2. The molecular formula is C36H60P4Pd. The van der Waals surface area contributed by atoms with Crippen molar-refractivity contribution in [3.63, 3.8) is 0 Å². The van der Waals surface area contributed by atoms with E-state index in [4.69, 9.17) is 0 Å². The molecule has 0 bridgehead atoms. The average Bonchev–Trinajstić information content (AvgIpc) is 2.92. The Morgan fingerprint density at radius 2 is 0.293 bits per heavy atom. The molecule has 0 N–H and O–H groups in total. The third kappa shape index (κ3) is 43.8. The summed E-state index contributed by atoms with van der Waals surface area (Å²) >= 11 is 0. The van der Waals surface area contributed by atoms with Gasteiger partial charge in [0.05, 0.1) is 0 Å². The van der Waals surface area contributed by atoms with E-state index in [-0.39, 0.29) is 52.1 Å². The Bertz CT molecular complexity index is 495. The fourth-order valence-corrected chi connectivity index (χ4v) is 9.26. The molecule has 0 aliphatic carbocycles. The van der Waals surface area contributed by atoms with Gasteiger partial charge in [-0.1, -0.05) is 105 Å². The molecule has 0 fully saturated rings. The van der Waals surface area contributed by atoms with Gasteiger partial charge in [-0.2, -0.15) is 0 Å². The second-order valence-corrected chi connectivity index (χ2v) is 18.1. The summed E-state index contributed by atoms with van der Waals surface area (Å²) in [7, 11) is 0.340. The molecule has 0 aromatic rings. The van der Waals surface area contributed by atoms with Crippen LogP contribution in [-0.2, 0) is 20.4 Å². The summed E-state index contributed by atoms with van der Waals surface area (Å²) in [5.74, 6) is 0. The topological polar surface area (TPSA) is 0 Å². The number of allylic oxidation sites excluding steroid dienone is 12. The second kappa shape index (κ2) is 46.2. The fraction of sp³-hybridized carbons (Fsp3) is 0.333. The maximum absolute atomic E-state index is 3.71. The van der Waals surface area contributed by atoms with Crippen molar-refractivity contribution in [3.8, 4) is 0 Å². The zero-order valence-electron chi connectivity index (χ0n) is 26.0. The van der Waals surface area contributed by atoms with Crippen molar-refractivity contribution in [1.29, 1.82) is 0 Å². The van der Waals surface area contributed by atoms with Crippen molar-refractivity contribution in [3.05, 3.63) is 152 Å². The van der Waals surface area contributed by atoms with E-state index in [1.165, 1.54) is 0 Å². The molecule has 5 heteroatoms. The van der Waals surface area contributed by atoms with Gasteiger partial charge in [-0.3, -0.25) is 0 Å². The molecule has 0 spiro atoms. The quantitative estimate of drug-likeness (QED) is 0.0529. The summed E-state index contributed by atoms with van der Waals surface area (Å²) in [5.41, 5.74) is 0. The van der Waals surface area contributed by atoms with E-state index in [9.17, 15) is 0 Å². The molecule has 0 atom stereocenters. The van der Waals surface area contributed by atoms with E-state index in [1.54, 1.807) is 0 Å². The van der Waals surface area contributed by atoms with Crippen molar-refractivity contribution in [2.75, 3.05) is 73.9 Å². The van der Waals surface area contributed by atoms with Crippen LogP contribution in [0.15, 0.2) is 152 Å². The zero-order valence-corrected chi connectivity index (χ0v) is 31.1. The molecule has 0 aromatic carbocycles. The van der Waals surface area contributed by atoms with E-state index >= 15 is 0 Å². The average molecular weight is 723 g/mol. The number of hydrogen-bond acceptors (Lipinski definition) is 0. The van der Waals surface area contributed by atoms with Crippen LogP contribution in [0.25, 0.3) is 0 Å². The Hall–Kier alpha value is -0.738. The summed E-state index contributed by atoms with van der Waals surface area (Å²) in [4.78, 5) is 0. The molecule has 0 radical (unpaired) electrons. The normalized spacial score (nSPS) is 9.07. The maximum atomic E-state index is 3.71. The SMILES string of the molecule is C=CCP(CC=C)CC=C.C=CCP(CC=C)CC=C.C=CCP(CC=C)CC=C.C=CCP(CC=C)CC=C.[Pd]. The van der Waals surface area contributed by atoms with E-state index in [0.29, 0.717) is 0 Å². The molecule has 41 heavy (non-hydrogen) atoms. The Morgan fingerprint density at radius 3 is 0.341 bits per heavy atom. The van der Waals surface area contributed by atoms with Gasteiger partial charge >= 0.3 is 0 Å². The molecule has 0 amide bonds. The van der Waals surface area contributed by atoms with Crippen LogP contribution in [0.4, 0.5) is 0 Å². The summed E-state index contributed by atoms with van der Waals surface area (Å²) in [5, 5.41) is 0. The van der Waals surface area contributed by atoms with Crippen LogP contribution < -0.4 is 0 Å². The minimum Gasteiger partial charge on any atom is -0.103 e. The summed E-state index contributed by atoms with van der Waals surface area (Å²) < 4.78 is 0. The van der Waals surface area contributed by atoms with Gasteiger partial charge in [0.15, 0.2) is 0 Å². The van der Waals surface area contributed by atoms with Crippen LogP contribution in [0.1, 0.15) is 0 Å². The van der Waals surface area contributed by atoms with E-state index in [1.807, 2.05) is 72.9 Å². The van der Waals surface area contributed by atoms with Gasteiger partial charge in [0.2, 0.25) is 0 Å². The minimum atomic E-state index is 0. The van der Waals surface area contributed by atoms with E-state index < -0.39 is 0 Å². The van der Waals surface area contributed by atoms with Crippen molar-refractivity contribution >= 4 is 31.7 Å². The van der Waals surface area contributed by atoms with Gasteiger partial charge in [0, 0.05) is 20.4 Å². The van der Waals surface area contributed by atoms with Crippen LogP contribution in [0, 0.1) is 0 Å². The molecular weight excluding hydrogens is 663 g/mol. The Kier molecular flexibility index (Phi) is 56.3. The third-order valence-electron chi connectivity index (χ3n) is 4.65. The second-order valence-electron chi connectivity index (χ2n) is 8.34. The Morgan fingerprint density at radius 1 is 0.220 bits per heavy atom. The monoisotopic (exact) mass is 722 g/mol. The first kappa shape index (κ1) is 49.9. The molecule has 234 valence electrons. The molecule has 0 nitrogen and oxygen atoms in total. The predicted octanol–water partition coefficient (Wildman–Crippen LogP) is 12.1. The van der Waals surface area contributed by atoms with Gasteiger partial charge < -0.3 is 0 Å². The molecule has 0 saturated carbocycles. The maximum Gasteiger partial charge on any atom is 0 e. The van der Waals surface area contributed by atoms with Crippen LogP contribution in [0.5, 0.6) is 0 Å². The Labute approximate surface area is 276 Å². The van der Waals surface area contributed by atoms with Crippen LogP contribution in [-0.4, -0.2) is 73.9 Å².